The molecule has 5 N–H and O–H groups in total. The van der Waals surface area contributed by atoms with Gasteiger partial charge in [-0.2, -0.15) is 0 Å². The molecule has 0 rings (SSSR count). The lowest BCUT2D eigenvalue weighted by Crippen LogP contribution is -2.49. The van der Waals surface area contributed by atoms with E-state index in [4.69, 9.17) is 10.9 Å². The summed E-state index contributed by atoms with van der Waals surface area (Å²) in [6, 6.07) is 0. The van der Waals surface area contributed by atoms with Gasteiger partial charge in [0.25, 0.3) is 0 Å². The van der Waals surface area contributed by atoms with Crippen molar-refractivity contribution in [1.82, 2.24) is 10.6 Å². The van der Waals surface area contributed by atoms with Gasteiger partial charge < -0.3 is 21.6 Å². The number of nitrogens with zero attached hydrogens (tertiary/aromatic N) is 1. The van der Waals surface area contributed by atoms with E-state index in [-0.39, 0.29) is 30.6 Å². The van der Waals surface area contributed by atoms with Gasteiger partial charge >= 0.3 is 0 Å². The number of hydrogen-bond acceptors (Lipinski definition) is 4. The van der Waals surface area contributed by atoms with Crippen LogP contribution in [0.1, 0.15) is 47.0 Å². The predicted molar refractivity (Wildman–Crippen MR) is 81.9 cm³/mol. The highest BCUT2D eigenvalue weighted by atomic mass is 16.4. The zero-order valence-electron chi connectivity index (χ0n) is 13.4. The van der Waals surface area contributed by atoms with Crippen LogP contribution in [0.3, 0.4) is 0 Å². The third-order valence-corrected chi connectivity index (χ3v) is 3.58. The van der Waals surface area contributed by atoms with E-state index in [1.54, 1.807) is 13.8 Å². The highest BCUT2D eigenvalue weighted by Crippen LogP contribution is 2.26. The van der Waals surface area contributed by atoms with E-state index in [1.807, 2.05) is 13.8 Å². The van der Waals surface area contributed by atoms with Gasteiger partial charge in [0.1, 0.15) is 5.41 Å². The van der Waals surface area contributed by atoms with Gasteiger partial charge in [-0.1, -0.05) is 32.9 Å². The van der Waals surface area contributed by atoms with Crippen molar-refractivity contribution in [3.63, 3.8) is 0 Å². The SMILES string of the molecule is CCC(CC)(C(=O)NCCC(=O)NCC(C)C)C(N)=NO. The molecule has 0 atom stereocenters. The summed E-state index contributed by atoms with van der Waals surface area (Å²) in [7, 11) is 0. The van der Waals surface area contributed by atoms with Crippen molar-refractivity contribution < 1.29 is 14.8 Å². The Morgan fingerprint density at radius 2 is 1.81 bits per heavy atom. The van der Waals surface area contributed by atoms with Crippen LogP contribution in [0, 0.1) is 11.3 Å². The van der Waals surface area contributed by atoms with E-state index in [0.717, 1.165) is 0 Å². The molecule has 0 fully saturated rings. The Balaban J connectivity index is 4.44. The normalized spacial score (nSPS) is 12.3. The smallest absolute Gasteiger partial charge is 0.233 e. The number of carbonyl (C=O) groups is 2. The number of amidine groups is 1. The minimum Gasteiger partial charge on any atom is -0.409 e. The number of amides is 2. The first-order valence-corrected chi connectivity index (χ1v) is 7.37. The minimum absolute atomic E-state index is 0.103. The number of hydrogen-bond donors (Lipinski definition) is 4. The van der Waals surface area contributed by atoms with E-state index < -0.39 is 5.41 Å². The van der Waals surface area contributed by atoms with Crippen LogP contribution < -0.4 is 16.4 Å². The number of nitrogens with one attached hydrogen (secondary N) is 2. The molecular weight excluding hydrogens is 272 g/mol. The second-order valence-electron chi connectivity index (χ2n) is 5.48. The van der Waals surface area contributed by atoms with Crippen LogP contribution in [0.4, 0.5) is 0 Å². The monoisotopic (exact) mass is 300 g/mol. The zero-order valence-corrected chi connectivity index (χ0v) is 13.4. The third-order valence-electron chi connectivity index (χ3n) is 3.58. The molecule has 0 aliphatic carbocycles. The Morgan fingerprint density at radius 1 is 1.24 bits per heavy atom. The van der Waals surface area contributed by atoms with Gasteiger partial charge in [0.2, 0.25) is 11.8 Å². The second-order valence-corrected chi connectivity index (χ2v) is 5.48. The van der Waals surface area contributed by atoms with Crippen LogP contribution in [0.25, 0.3) is 0 Å². The van der Waals surface area contributed by atoms with Crippen molar-refractivity contribution in [3.05, 3.63) is 0 Å². The number of oxime groups is 1. The molecule has 122 valence electrons. The molecule has 0 radical (unpaired) electrons. The van der Waals surface area contributed by atoms with Gasteiger partial charge in [-0.3, -0.25) is 9.59 Å². The maximum Gasteiger partial charge on any atom is 0.233 e. The Kier molecular flexibility index (Phi) is 8.42. The van der Waals surface area contributed by atoms with Crippen molar-refractivity contribution in [2.45, 2.75) is 47.0 Å². The fourth-order valence-electron chi connectivity index (χ4n) is 2.01. The van der Waals surface area contributed by atoms with E-state index in [1.165, 1.54) is 0 Å². The average Bonchev–Trinajstić information content (AvgIpc) is 2.46. The van der Waals surface area contributed by atoms with Gasteiger partial charge in [0.05, 0.1) is 0 Å². The topological polar surface area (TPSA) is 117 Å². The Labute approximate surface area is 126 Å². The van der Waals surface area contributed by atoms with Crippen LogP contribution in [0.15, 0.2) is 5.16 Å². The molecule has 0 unspecified atom stereocenters. The second kappa shape index (κ2) is 9.20. The molecule has 0 aromatic rings. The molecule has 7 nitrogen and oxygen atoms in total. The lowest BCUT2D eigenvalue weighted by atomic mass is 9.80. The number of carbonyl (C=O) groups excluding carboxylic acids is 2. The van der Waals surface area contributed by atoms with Gasteiger partial charge in [0, 0.05) is 19.5 Å². The summed E-state index contributed by atoms with van der Waals surface area (Å²) in [5.41, 5.74) is 4.62. The number of nitrogens with two attached hydrogens (primary N) is 1. The Morgan fingerprint density at radius 3 is 2.24 bits per heavy atom. The van der Waals surface area contributed by atoms with Crippen molar-refractivity contribution in [3.8, 4) is 0 Å². The van der Waals surface area contributed by atoms with E-state index >= 15 is 0 Å². The van der Waals surface area contributed by atoms with Gasteiger partial charge in [-0.15, -0.1) is 0 Å². The Bertz CT molecular complexity index is 376. The summed E-state index contributed by atoms with van der Waals surface area (Å²) in [6.07, 6.45) is 1.05. The van der Waals surface area contributed by atoms with Crippen LogP contribution in [-0.2, 0) is 9.59 Å². The van der Waals surface area contributed by atoms with Crippen molar-refractivity contribution in [2.24, 2.45) is 22.2 Å². The quantitative estimate of drug-likeness (QED) is 0.218. The molecule has 0 saturated heterocycles. The minimum atomic E-state index is -1.02. The third kappa shape index (κ3) is 5.61. The molecule has 0 aromatic heterocycles. The molecule has 0 saturated carbocycles. The summed E-state index contributed by atoms with van der Waals surface area (Å²) in [6.45, 7) is 8.47. The molecule has 0 bridgehead atoms. The summed E-state index contributed by atoms with van der Waals surface area (Å²) >= 11 is 0. The highest BCUT2D eigenvalue weighted by molar-refractivity contribution is 6.06. The van der Waals surface area contributed by atoms with E-state index in [0.29, 0.717) is 25.3 Å². The number of rotatable bonds is 9. The first-order chi connectivity index (χ1) is 9.83. The fourth-order valence-corrected chi connectivity index (χ4v) is 2.01. The standard InChI is InChI=1S/C14H28N4O3/c1-5-14(6-2,12(15)18-21)13(20)16-8-7-11(19)17-9-10(3)4/h10,21H,5-9H2,1-4H3,(H2,15,18)(H,16,20)(H,17,19). The van der Waals surface area contributed by atoms with Crippen LogP contribution in [0.5, 0.6) is 0 Å². The lowest BCUT2D eigenvalue weighted by molar-refractivity contribution is -0.128. The molecular formula is C14H28N4O3. The maximum atomic E-state index is 12.3. The first kappa shape index (κ1) is 19.2. The van der Waals surface area contributed by atoms with Crippen LogP contribution in [-0.4, -0.2) is 35.9 Å². The van der Waals surface area contributed by atoms with Crippen molar-refractivity contribution in [2.75, 3.05) is 13.1 Å². The van der Waals surface area contributed by atoms with Crippen LogP contribution >= 0.6 is 0 Å². The summed E-state index contributed by atoms with van der Waals surface area (Å²) in [5, 5.41) is 17.3. The van der Waals surface area contributed by atoms with Gasteiger partial charge in [0.15, 0.2) is 5.84 Å². The van der Waals surface area contributed by atoms with Crippen molar-refractivity contribution >= 4 is 17.6 Å². The van der Waals surface area contributed by atoms with Crippen LogP contribution in [0.2, 0.25) is 0 Å². The van der Waals surface area contributed by atoms with Crippen molar-refractivity contribution in [1.29, 1.82) is 0 Å². The predicted octanol–water partition coefficient (Wildman–Crippen LogP) is 0.818. The summed E-state index contributed by atoms with van der Waals surface area (Å²) in [4.78, 5) is 23.8. The first-order valence-electron chi connectivity index (χ1n) is 7.37. The Hall–Kier alpha value is -1.79. The molecule has 0 aliphatic heterocycles. The zero-order chi connectivity index (χ0) is 16.5. The summed E-state index contributed by atoms with van der Waals surface area (Å²) < 4.78 is 0. The van der Waals surface area contributed by atoms with Gasteiger partial charge in [-0.05, 0) is 18.8 Å². The summed E-state index contributed by atoms with van der Waals surface area (Å²) in [5.74, 6) is -0.142. The maximum absolute atomic E-state index is 12.3. The molecule has 0 aliphatic rings. The lowest BCUT2D eigenvalue weighted by Gasteiger charge is -2.28. The fraction of sp³-hybridized carbons (Fsp3) is 0.786. The molecule has 7 heteroatoms. The largest absolute Gasteiger partial charge is 0.409 e. The highest BCUT2D eigenvalue weighted by Gasteiger charge is 2.39. The average molecular weight is 300 g/mol. The molecule has 0 spiro atoms. The molecule has 2 amide bonds. The van der Waals surface area contributed by atoms with E-state index in [9.17, 15) is 9.59 Å². The molecule has 21 heavy (non-hydrogen) atoms. The van der Waals surface area contributed by atoms with Gasteiger partial charge in [-0.25, -0.2) is 0 Å². The molecule has 0 heterocycles. The van der Waals surface area contributed by atoms with E-state index in [2.05, 4.69) is 15.8 Å². The molecule has 0 aromatic carbocycles.